The van der Waals surface area contributed by atoms with E-state index in [2.05, 4.69) is 36.2 Å². The van der Waals surface area contributed by atoms with Gasteiger partial charge in [-0.15, -0.1) is 0 Å². The van der Waals surface area contributed by atoms with Crippen molar-refractivity contribution in [3.05, 3.63) is 35.4 Å². The minimum absolute atomic E-state index is 0.0567. The first-order chi connectivity index (χ1) is 8.56. The fourth-order valence-corrected chi connectivity index (χ4v) is 2.26. The fourth-order valence-electron chi connectivity index (χ4n) is 2.26. The standard InChI is InChI=1S/C13H19N5/c1-9-2-4-10(5-3-9)11-6-7-18(8-11)13(16)17-12(14)15/h2-5,11H,6-8H2,1H3,(H5,14,15,16,17). The molecule has 1 aromatic rings. The van der Waals surface area contributed by atoms with Crippen LogP contribution in [0.25, 0.3) is 0 Å². The number of benzene rings is 1. The number of nitrogens with one attached hydrogen (secondary N) is 1. The van der Waals surface area contributed by atoms with Crippen molar-refractivity contribution in [1.29, 1.82) is 5.41 Å². The van der Waals surface area contributed by atoms with E-state index in [1.165, 1.54) is 11.1 Å². The van der Waals surface area contributed by atoms with Crippen molar-refractivity contribution in [3.8, 4) is 0 Å². The Hall–Kier alpha value is -2.04. The van der Waals surface area contributed by atoms with E-state index in [1.54, 1.807) is 0 Å². The quantitative estimate of drug-likeness (QED) is 0.509. The summed E-state index contributed by atoms with van der Waals surface area (Å²) in [6, 6.07) is 8.57. The van der Waals surface area contributed by atoms with Crippen LogP contribution in [0.5, 0.6) is 0 Å². The average Bonchev–Trinajstić information content (AvgIpc) is 2.78. The van der Waals surface area contributed by atoms with E-state index in [-0.39, 0.29) is 11.9 Å². The molecule has 0 amide bonds. The van der Waals surface area contributed by atoms with Crippen molar-refractivity contribution in [2.45, 2.75) is 19.3 Å². The van der Waals surface area contributed by atoms with Crippen LogP contribution in [0.3, 0.4) is 0 Å². The van der Waals surface area contributed by atoms with Gasteiger partial charge in [0.15, 0.2) is 5.96 Å². The van der Waals surface area contributed by atoms with Crippen LogP contribution >= 0.6 is 0 Å². The van der Waals surface area contributed by atoms with E-state index in [0.29, 0.717) is 5.92 Å². The molecule has 0 saturated carbocycles. The van der Waals surface area contributed by atoms with Gasteiger partial charge in [-0.1, -0.05) is 29.8 Å². The number of guanidine groups is 2. The molecule has 1 saturated heterocycles. The molecule has 5 N–H and O–H groups in total. The largest absolute Gasteiger partial charge is 0.370 e. The van der Waals surface area contributed by atoms with Crippen LogP contribution in [0.1, 0.15) is 23.5 Å². The maximum Gasteiger partial charge on any atom is 0.221 e. The highest BCUT2D eigenvalue weighted by Crippen LogP contribution is 2.27. The summed E-state index contributed by atoms with van der Waals surface area (Å²) in [5, 5.41) is 7.78. The van der Waals surface area contributed by atoms with Crippen LogP contribution in [0.2, 0.25) is 0 Å². The van der Waals surface area contributed by atoms with Crippen molar-refractivity contribution in [2.24, 2.45) is 16.5 Å². The van der Waals surface area contributed by atoms with Crippen molar-refractivity contribution in [1.82, 2.24) is 4.90 Å². The van der Waals surface area contributed by atoms with E-state index >= 15 is 0 Å². The van der Waals surface area contributed by atoms with Crippen LogP contribution in [0, 0.1) is 12.3 Å². The minimum Gasteiger partial charge on any atom is -0.370 e. The summed E-state index contributed by atoms with van der Waals surface area (Å²) in [6.45, 7) is 3.71. The minimum atomic E-state index is -0.0567. The Labute approximate surface area is 107 Å². The fraction of sp³-hybridized carbons (Fsp3) is 0.385. The van der Waals surface area contributed by atoms with Gasteiger partial charge in [-0.3, -0.25) is 5.41 Å². The summed E-state index contributed by atoms with van der Waals surface area (Å²) < 4.78 is 0. The summed E-state index contributed by atoms with van der Waals surface area (Å²) in [7, 11) is 0. The predicted molar refractivity (Wildman–Crippen MR) is 73.6 cm³/mol. The van der Waals surface area contributed by atoms with E-state index < -0.39 is 0 Å². The lowest BCUT2D eigenvalue weighted by Gasteiger charge is -2.16. The van der Waals surface area contributed by atoms with E-state index in [9.17, 15) is 0 Å². The number of aliphatic imine (C=N–C) groups is 1. The van der Waals surface area contributed by atoms with Crippen LogP contribution in [0.4, 0.5) is 0 Å². The first kappa shape index (κ1) is 12.4. The highest BCUT2D eigenvalue weighted by Gasteiger charge is 2.25. The lowest BCUT2D eigenvalue weighted by Crippen LogP contribution is -2.31. The molecule has 2 rings (SSSR count). The second-order valence-corrected chi connectivity index (χ2v) is 4.70. The topological polar surface area (TPSA) is 91.5 Å². The molecule has 0 bridgehead atoms. The molecule has 96 valence electrons. The van der Waals surface area contributed by atoms with Crippen molar-refractivity contribution in [2.75, 3.05) is 13.1 Å². The highest BCUT2D eigenvalue weighted by atomic mass is 15.3. The number of nitrogens with two attached hydrogens (primary N) is 2. The Balaban J connectivity index is 2.02. The Kier molecular flexibility index (Phi) is 3.50. The van der Waals surface area contributed by atoms with Gasteiger partial charge in [-0.25, -0.2) is 0 Å². The van der Waals surface area contributed by atoms with Crippen LogP contribution < -0.4 is 11.5 Å². The maximum atomic E-state index is 7.78. The van der Waals surface area contributed by atoms with Gasteiger partial charge in [0.25, 0.3) is 0 Å². The number of likely N-dealkylation sites (tertiary alicyclic amines) is 1. The smallest absolute Gasteiger partial charge is 0.221 e. The summed E-state index contributed by atoms with van der Waals surface area (Å²) in [5.41, 5.74) is 13.2. The van der Waals surface area contributed by atoms with Crippen molar-refractivity contribution >= 4 is 11.9 Å². The molecule has 5 heteroatoms. The molecule has 0 spiro atoms. The Morgan fingerprint density at radius 1 is 1.33 bits per heavy atom. The molecule has 0 radical (unpaired) electrons. The predicted octanol–water partition coefficient (Wildman–Crippen LogP) is 0.992. The summed E-state index contributed by atoms with van der Waals surface area (Å²) in [5.74, 6) is 0.559. The first-order valence-corrected chi connectivity index (χ1v) is 6.06. The summed E-state index contributed by atoms with van der Waals surface area (Å²) in [6.07, 6.45) is 1.03. The van der Waals surface area contributed by atoms with Crippen LogP contribution in [-0.4, -0.2) is 29.9 Å². The molecule has 1 heterocycles. The number of rotatable bonds is 1. The normalized spacial score (nSPS) is 18.7. The highest BCUT2D eigenvalue weighted by molar-refractivity contribution is 5.91. The van der Waals surface area contributed by atoms with Gasteiger partial charge in [-0.2, -0.15) is 4.99 Å². The molecular formula is C13H19N5. The molecule has 0 aliphatic carbocycles. The zero-order valence-corrected chi connectivity index (χ0v) is 10.6. The Bertz CT molecular complexity index is 459. The monoisotopic (exact) mass is 245 g/mol. The molecule has 1 aromatic carbocycles. The van der Waals surface area contributed by atoms with Gasteiger partial charge in [0.05, 0.1) is 0 Å². The molecule has 1 atom stereocenters. The third kappa shape index (κ3) is 2.80. The third-order valence-corrected chi connectivity index (χ3v) is 3.27. The molecule has 18 heavy (non-hydrogen) atoms. The second-order valence-electron chi connectivity index (χ2n) is 4.70. The molecular weight excluding hydrogens is 226 g/mol. The Morgan fingerprint density at radius 2 is 2.00 bits per heavy atom. The molecule has 1 aliphatic rings. The van der Waals surface area contributed by atoms with Gasteiger partial charge >= 0.3 is 0 Å². The number of hydrogen-bond donors (Lipinski definition) is 3. The lowest BCUT2D eigenvalue weighted by molar-refractivity contribution is 0.501. The van der Waals surface area contributed by atoms with E-state index in [1.807, 2.05) is 4.90 Å². The maximum absolute atomic E-state index is 7.78. The SMILES string of the molecule is Cc1ccc(C2CCN(C(=N)N=C(N)N)C2)cc1. The average molecular weight is 245 g/mol. The van der Waals surface area contributed by atoms with Gasteiger partial charge in [0.1, 0.15) is 0 Å². The van der Waals surface area contributed by atoms with Gasteiger partial charge in [-0.05, 0) is 18.9 Å². The van der Waals surface area contributed by atoms with Crippen LogP contribution in [0.15, 0.2) is 29.3 Å². The number of aryl methyl sites for hydroxylation is 1. The molecule has 5 nitrogen and oxygen atoms in total. The summed E-state index contributed by atoms with van der Waals surface area (Å²) in [4.78, 5) is 5.69. The summed E-state index contributed by atoms with van der Waals surface area (Å²) >= 11 is 0. The zero-order valence-electron chi connectivity index (χ0n) is 10.6. The molecule has 1 unspecified atom stereocenters. The Morgan fingerprint density at radius 3 is 2.61 bits per heavy atom. The number of nitrogens with zero attached hydrogens (tertiary/aromatic N) is 2. The third-order valence-electron chi connectivity index (χ3n) is 3.27. The van der Waals surface area contributed by atoms with Gasteiger partial charge in [0, 0.05) is 19.0 Å². The van der Waals surface area contributed by atoms with Crippen molar-refractivity contribution in [3.63, 3.8) is 0 Å². The van der Waals surface area contributed by atoms with Crippen LogP contribution in [-0.2, 0) is 0 Å². The molecule has 1 aliphatic heterocycles. The number of hydrogen-bond acceptors (Lipinski definition) is 1. The lowest BCUT2D eigenvalue weighted by atomic mass is 9.98. The zero-order chi connectivity index (χ0) is 13.1. The van der Waals surface area contributed by atoms with Gasteiger partial charge < -0.3 is 16.4 Å². The molecule has 0 aromatic heterocycles. The van der Waals surface area contributed by atoms with Crippen molar-refractivity contribution < 1.29 is 0 Å². The van der Waals surface area contributed by atoms with E-state index in [4.69, 9.17) is 16.9 Å². The van der Waals surface area contributed by atoms with Gasteiger partial charge in [0.2, 0.25) is 5.96 Å². The molecule has 1 fully saturated rings. The van der Waals surface area contributed by atoms with E-state index in [0.717, 1.165) is 19.5 Å². The first-order valence-electron chi connectivity index (χ1n) is 6.06. The second kappa shape index (κ2) is 5.08.